The summed E-state index contributed by atoms with van der Waals surface area (Å²) >= 11 is 0. The minimum absolute atomic E-state index is 0.00155. The first-order chi connectivity index (χ1) is 28.0. The Morgan fingerprint density at radius 2 is 0.915 bits per heavy atom. The summed E-state index contributed by atoms with van der Waals surface area (Å²) in [7, 11) is 8.08. The molecular weight excluding hydrogens is 769 g/mol. The van der Waals surface area contributed by atoms with Crippen LogP contribution in [0.2, 0.25) is 0 Å². The van der Waals surface area contributed by atoms with Gasteiger partial charge in [-0.25, -0.2) is 15.0 Å². The average molecular weight is 815 g/mol. The minimum Gasteiger partial charge on any atom is -0.382 e. The Bertz CT molecular complexity index is 2410. The molecule has 9 N–H and O–H groups in total. The van der Waals surface area contributed by atoms with Gasteiger partial charge < -0.3 is 65.8 Å². The summed E-state index contributed by atoms with van der Waals surface area (Å²) in [5, 5.41) is 18.6. The van der Waals surface area contributed by atoms with Crippen LogP contribution < -0.4 is 43.0 Å². The molecule has 0 aliphatic heterocycles. The molecule has 0 aliphatic rings. The van der Waals surface area contributed by atoms with Gasteiger partial charge in [-0.1, -0.05) is 6.92 Å². The Balaban J connectivity index is 1.05. The van der Waals surface area contributed by atoms with Crippen LogP contribution in [0, 0.1) is 0 Å². The van der Waals surface area contributed by atoms with Crippen molar-refractivity contribution in [3.63, 3.8) is 0 Å². The molecule has 0 unspecified atom stereocenters. The summed E-state index contributed by atoms with van der Waals surface area (Å²) in [5.41, 5.74) is 6.74. The van der Waals surface area contributed by atoms with E-state index in [1.165, 1.54) is 59.8 Å². The quantitative estimate of drug-likeness (QED) is 0.0632. The first-order valence-corrected chi connectivity index (χ1v) is 18.3. The Hall–Kier alpha value is -7.72. The zero-order valence-corrected chi connectivity index (χ0v) is 33.3. The van der Waals surface area contributed by atoms with E-state index in [1.807, 2.05) is 6.92 Å². The lowest BCUT2D eigenvalue weighted by Crippen LogP contribution is -2.29. The number of anilines is 5. The van der Waals surface area contributed by atoms with Crippen molar-refractivity contribution in [1.82, 2.24) is 53.7 Å². The zero-order chi connectivity index (χ0) is 43.0. The van der Waals surface area contributed by atoms with E-state index in [1.54, 1.807) is 41.4 Å². The molecule has 23 heteroatoms. The fourth-order valence-corrected chi connectivity index (χ4v) is 5.76. The second kappa shape index (κ2) is 18.5. The molecule has 0 saturated heterocycles. The smallest absolute Gasteiger partial charge is 0.291 e. The van der Waals surface area contributed by atoms with Crippen molar-refractivity contribution in [3.05, 3.63) is 72.0 Å². The average Bonchev–Trinajstić information content (AvgIpc) is 3.98. The number of nitrogen functional groups attached to an aromatic ring is 1. The third-order valence-corrected chi connectivity index (χ3v) is 8.59. The highest BCUT2D eigenvalue weighted by Gasteiger charge is 2.21. The fraction of sp³-hybridized carbons (Fsp3) is 0.333. The molecule has 0 saturated carbocycles. The van der Waals surface area contributed by atoms with E-state index in [-0.39, 0.29) is 78.2 Å². The number of aromatic nitrogens is 8. The van der Waals surface area contributed by atoms with Gasteiger partial charge in [0, 0.05) is 98.7 Å². The number of carbonyl (C=O) groups excluding carboxylic acids is 7. The number of amides is 7. The number of imidazole rings is 3. The van der Waals surface area contributed by atoms with Crippen LogP contribution in [0.3, 0.4) is 0 Å². The highest BCUT2D eigenvalue weighted by atomic mass is 16.2. The third-order valence-electron chi connectivity index (χ3n) is 8.59. The molecule has 0 radical (unpaired) electrons. The minimum atomic E-state index is -0.614. The Labute approximate surface area is 337 Å². The SMILES string of the molecule is CCCNC(=O)c1nc(NC(=O)CCNC(=O)c2cc(NC(=O)c3nc(NC(=O)CCNC(=O)c4cc(NC(=O)c5nc(N)cn5C)cn4C)cn3C)cn2C)cn1C. The number of hydrogen-bond acceptors (Lipinski definition) is 11. The van der Waals surface area contributed by atoms with Crippen molar-refractivity contribution >= 4 is 70.2 Å². The molecule has 0 aromatic carbocycles. The molecular formula is C36H46N16O7. The second-order valence-electron chi connectivity index (χ2n) is 13.4. The van der Waals surface area contributed by atoms with Crippen LogP contribution in [0.4, 0.5) is 28.8 Å². The van der Waals surface area contributed by atoms with Gasteiger partial charge in [0.2, 0.25) is 29.3 Å². The molecule has 5 aromatic rings. The van der Waals surface area contributed by atoms with Crippen LogP contribution in [0.5, 0.6) is 0 Å². The first kappa shape index (κ1) is 42.4. The summed E-state index contributed by atoms with van der Waals surface area (Å²) < 4.78 is 7.42. The molecule has 0 fully saturated rings. The van der Waals surface area contributed by atoms with Crippen LogP contribution in [0.25, 0.3) is 0 Å². The van der Waals surface area contributed by atoms with Gasteiger partial charge in [0.15, 0.2) is 11.6 Å². The van der Waals surface area contributed by atoms with Gasteiger partial charge >= 0.3 is 0 Å². The number of nitrogens with one attached hydrogen (secondary N) is 7. The molecule has 0 spiro atoms. The number of nitrogens with zero attached hydrogens (tertiary/aromatic N) is 8. The van der Waals surface area contributed by atoms with Crippen LogP contribution in [0.1, 0.15) is 79.0 Å². The number of nitrogens with two attached hydrogens (primary N) is 1. The van der Waals surface area contributed by atoms with Crippen molar-refractivity contribution in [3.8, 4) is 0 Å². The molecule has 5 heterocycles. The highest BCUT2D eigenvalue weighted by molar-refractivity contribution is 6.05. The summed E-state index contributed by atoms with van der Waals surface area (Å²) in [6.45, 7) is 2.41. The van der Waals surface area contributed by atoms with Gasteiger partial charge in [0.05, 0.1) is 11.4 Å². The van der Waals surface area contributed by atoms with E-state index in [9.17, 15) is 33.6 Å². The lowest BCUT2D eigenvalue weighted by Gasteiger charge is -2.06. The molecule has 59 heavy (non-hydrogen) atoms. The molecule has 5 aromatic heterocycles. The van der Waals surface area contributed by atoms with E-state index in [2.05, 4.69) is 52.2 Å². The predicted octanol–water partition coefficient (Wildman–Crippen LogP) is 0.308. The predicted molar refractivity (Wildman–Crippen MR) is 215 cm³/mol. The third kappa shape index (κ3) is 10.8. The second-order valence-corrected chi connectivity index (χ2v) is 13.4. The molecule has 5 rings (SSSR count). The van der Waals surface area contributed by atoms with Gasteiger partial charge in [0.25, 0.3) is 29.5 Å². The summed E-state index contributed by atoms with van der Waals surface area (Å²) in [4.78, 5) is 101. The zero-order valence-electron chi connectivity index (χ0n) is 33.3. The van der Waals surface area contributed by atoms with Gasteiger partial charge in [0.1, 0.15) is 17.2 Å². The normalized spacial score (nSPS) is 10.8. The number of hydrogen-bond donors (Lipinski definition) is 8. The summed E-state index contributed by atoms with van der Waals surface area (Å²) in [6.07, 6.45) is 8.14. The topological polar surface area (TPSA) is 293 Å². The largest absolute Gasteiger partial charge is 0.382 e. The molecule has 0 bridgehead atoms. The standard InChI is InChI=1S/C36H46N16O7/c1-7-10-38-34(57)29-46-25(18-51(29)5)44-27(53)8-11-39-33(56)23-14-21(16-49(23)3)42-36(59)31-47-26(19-52(31)6)45-28(54)9-12-40-32(55)22-13-20(15-48(22)2)41-35(58)30-43-24(37)17-50(30)4/h13-19H,7-12,37H2,1-6H3,(H,38,57)(H,39,56)(H,40,55)(H,41,58)(H,42,59)(H,44,53)(H,45,54). The Kier molecular flexibility index (Phi) is 13.3. The molecule has 7 amide bonds. The lowest BCUT2D eigenvalue weighted by atomic mass is 10.3. The van der Waals surface area contributed by atoms with Gasteiger partial charge in [-0.15, -0.1) is 0 Å². The van der Waals surface area contributed by atoms with Crippen LogP contribution >= 0.6 is 0 Å². The Morgan fingerprint density at radius 1 is 0.508 bits per heavy atom. The Morgan fingerprint density at radius 3 is 1.34 bits per heavy atom. The number of rotatable bonds is 17. The van der Waals surface area contributed by atoms with Gasteiger partial charge in [-0.2, -0.15) is 0 Å². The van der Waals surface area contributed by atoms with Gasteiger partial charge in [-0.05, 0) is 18.6 Å². The van der Waals surface area contributed by atoms with Crippen LogP contribution in [-0.4, -0.2) is 98.8 Å². The van der Waals surface area contributed by atoms with Gasteiger partial charge in [-0.3, -0.25) is 33.6 Å². The molecule has 312 valence electrons. The van der Waals surface area contributed by atoms with E-state index in [0.29, 0.717) is 17.9 Å². The maximum atomic E-state index is 13.1. The monoisotopic (exact) mass is 814 g/mol. The van der Waals surface area contributed by atoms with Crippen molar-refractivity contribution in [1.29, 1.82) is 0 Å². The lowest BCUT2D eigenvalue weighted by molar-refractivity contribution is -0.116. The van der Waals surface area contributed by atoms with Crippen molar-refractivity contribution in [2.45, 2.75) is 26.2 Å². The first-order valence-electron chi connectivity index (χ1n) is 18.3. The fourth-order valence-electron chi connectivity index (χ4n) is 5.76. The van der Waals surface area contributed by atoms with Crippen molar-refractivity contribution < 1.29 is 33.6 Å². The summed E-state index contributed by atoms with van der Waals surface area (Å²) in [5.74, 6) is -2.62. The highest BCUT2D eigenvalue weighted by Crippen LogP contribution is 2.17. The van der Waals surface area contributed by atoms with Crippen molar-refractivity contribution in [2.75, 3.05) is 46.6 Å². The van der Waals surface area contributed by atoms with Crippen LogP contribution in [0.15, 0.2) is 43.1 Å². The van der Waals surface area contributed by atoms with E-state index in [4.69, 9.17) is 5.73 Å². The number of carbonyl (C=O) groups is 7. The summed E-state index contributed by atoms with van der Waals surface area (Å²) in [6, 6.07) is 2.94. The van der Waals surface area contributed by atoms with Crippen molar-refractivity contribution in [2.24, 2.45) is 35.2 Å². The molecule has 0 aliphatic carbocycles. The molecule has 23 nitrogen and oxygen atoms in total. The molecule has 0 atom stereocenters. The maximum Gasteiger partial charge on any atom is 0.291 e. The van der Waals surface area contributed by atoms with E-state index >= 15 is 0 Å². The van der Waals surface area contributed by atoms with E-state index < -0.39 is 35.4 Å². The number of aryl methyl sites for hydroxylation is 5. The van der Waals surface area contributed by atoms with Crippen LogP contribution in [-0.2, 0) is 44.8 Å². The maximum absolute atomic E-state index is 13.1. The van der Waals surface area contributed by atoms with E-state index in [0.717, 1.165) is 6.42 Å².